The number of aromatic hydroxyl groups is 1. The maximum absolute atomic E-state index is 10.6. The molecule has 1 aromatic carbocycles. The molecule has 1 rings (SSSR count). The Morgan fingerprint density at radius 1 is 1.05 bits per heavy atom. The van der Waals surface area contributed by atoms with Gasteiger partial charge in [0.25, 0.3) is 0 Å². The van der Waals surface area contributed by atoms with Gasteiger partial charge >= 0.3 is 0 Å². The van der Waals surface area contributed by atoms with Gasteiger partial charge in [-0.25, -0.2) is 0 Å². The van der Waals surface area contributed by atoms with Crippen molar-refractivity contribution in [1.82, 2.24) is 0 Å². The standard InChI is InChI=1S/C18H28O2S/c1-17(2,3)14-11-13(21-10-8-7-9-19)12-15(16(14)20)18(4,5)6/h9,11-12,20H,7-8,10H2,1-6H3. The van der Waals surface area contributed by atoms with E-state index in [1.807, 2.05) is 0 Å². The number of aldehydes is 1. The largest absolute Gasteiger partial charge is 0.507 e. The summed E-state index contributed by atoms with van der Waals surface area (Å²) >= 11 is 1.76. The number of rotatable bonds is 5. The second-order valence-electron chi connectivity index (χ2n) is 7.52. The van der Waals surface area contributed by atoms with Gasteiger partial charge in [0.05, 0.1) is 0 Å². The summed E-state index contributed by atoms with van der Waals surface area (Å²) in [5.41, 5.74) is 1.80. The van der Waals surface area contributed by atoms with Crippen molar-refractivity contribution < 1.29 is 9.90 Å². The second kappa shape index (κ2) is 6.87. The number of thioether (sulfide) groups is 1. The normalized spacial score (nSPS) is 12.5. The topological polar surface area (TPSA) is 37.3 Å². The van der Waals surface area contributed by atoms with Crippen LogP contribution in [0.5, 0.6) is 5.75 Å². The molecule has 0 radical (unpaired) electrons. The number of hydrogen-bond donors (Lipinski definition) is 1. The van der Waals surface area contributed by atoms with E-state index in [4.69, 9.17) is 0 Å². The monoisotopic (exact) mass is 308 g/mol. The zero-order valence-corrected chi connectivity index (χ0v) is 14.9. The molecule has 118 valence electrons. The van der Waals surface area contributed by atoms with Gasteiger partial charge in [0.15, 0.2) is 0 Å². The molecular weight excluding hydrogens is 280 g/mol. The number of phenols is 1. The molecule has 3 heteroatoms. The predicted octanol–water partition coefficient (Wildman–Crippen LogP) is 5.06. The van der Waals surface area contributed by atoms with Crippen LogP contribution in [0.25, 0.3) is 0 Å². The van der Waals surface area contributed by atoms with E-state index in [2.05, 4.69) is 53.7 Å². The van der Waals surface area contributed by atoms with E-state index in [-0.39, 0.29) is 10.8 Å². The Labute approximate surface area is 133 Å². The fraction of sp³-hybridized carbons (Fsp3) is 0.611. The SMILES string of the molecule is CC(C)(C)c1cc(SCCCC=O)cc(C(C)(C)C)c1O. The van der Waals surface area contributed by atoms with Gasteiger partial charge in [-0.3, -0.25) is 0 Å². The number of hydrogen-bond acceptors (Lipinski definition) is 3. The number of benzene rings is 1. The lowest BCUT2D eigenvalue weighted by Gasteiger charge is -2.28. The molecule has 0 aliphatic carbocycles. The maximum Gasteiger partial charge on any atom is 0.123 e. The van der Waals surface area contributed by atoms with Gasteiger partial charge in [-0.15, -0.1) is 11.8 Å². The average Bonchev–Trinajstić information content (AvgIpc) is 2.33. The molecule has 0 aromatic heterocycles. The maximum atomic E-state index is 10.6. The first-order valence-corrected chi connectivity index (χ1v) is 8.50. The number of phenolic OH excluding ortho intramolecular Hbond substituents is 1. The van der Waals surface area contributed by atoms with Crippen molar-refractivity contribution in [2.45, 2.75) is 70.1 Å². The molecular formula is C18H28O2S. The molecule has 0 fully saturated rings. The van der Waals surface area contributed by atoms with Crippen molar-refractivity contribution in [1.29, 1.82) is 0 Å². The third-order valence-corrected chi connectivity index (χ3v) is 4.50. The van der Waals surface area contributed by atoms with Crippen LogP contribution in [0.3, 0.4) is 0 Å². The molecule has 1 N–H and O–H groups in total. The quantitative estimate of drug-likeness (QED) is 0.469. The minimum absolute atomic E-state index is 0.0938. The van der Waals surface area contributed by atoms with E-state index in [1.54, 1.807) is 11.8 Å². The summed E-state index contributed by atoms with van der Waals surface area (Å²) in [5.74, 6) is 1.35. The van der Waals surface area contributed by atoms with E-state index < -0.39 is 0 Å². The van der Waals surface area contributed by atoms with E-state index >= 15 is 0 Å². The molecule has 0 heterocycles. The van der Waals surface area contributed by atoms with Gasteiger partial charge in [0.1, 0.15) is 12.0 Å². The van der Waals surface area contributed by atoms with Gasteiger partial charge in [0.2, 0.25) is 0 Å². The van der Waals surface area contributed by atoms with Crippen LogP contribution < -0.4 is 0 Å². The van der Waals surface area contributed by atoms with Gasteiger partial charge in [-0.1, -0.05) is 41.5 Å². The summed E-state index contributed by atoms with van der Waals surface area (Å²) in [4.78, 5) is 11.6. The zero-order valence-electron chi connectivity index (χ0n) is 14.1. The Bertz CT molecular complexity index is 458. The lowest BCUT2D eigenvalue weighted by atomic mass is 9.79. The molecule has 0 amide bonds. The third kappa shape index (κ3) is 5.06. The molecule has 0 aliphatic heterocycles. The number of unbranched alkanes of at least 4 members (excludes halogenated alkanes) is 1. The van der Waals surface area contributed by atoms with E-state index in [9.17, 15) is 9.90 Å². The highest BCUT2D eigenvalue weighted by molar-refractivity contribution is 7.99. The molecule has 0 aliphatic rings. The Morgan fingerprint density at radius 3 is 1.90 bits per heavy atom. The summed E-state index contributed by atoms with van der Waals surface area (Å²) in [6, 6.07) is 4.19. The number of carbonyl (C=O) groups excluding carboxylic acids is 1. The summed E-state index contributed by atoms with van der Waals surface area (Å²) in [7, 11) is 0. The fourth-order valence-corrected chi connectivity index (χ4v) is 3.14. The highest BCUT2D eigenvalue weighted by Crippen LogP contribution is 2.41. The number of carbonyl (C=O) groups is 1. The highest BCUT2D eigenvalue weighted by atomic mass is 32.2. The van der Waals surface area contributed by atoms with Crippen LogP contribution in [0, 0.1) is 0 Å². The van der Waals surface area contributed by atoms with E-state index in [1.165, 1.54) is 4.90 Å². The van der Waals surface area contributed by atoms with Crippen molar-refractivity contribution >= 4 is 18.0 Å². The van der Waals surface area contributed by atoms with Gasteiger partial charge in [-0.05, 0) is 35.1 Å². The average molecular weight is 308 g/mol. The molecule has 0 unspecified atom stereocenters. The second-order valence-corrected chi connectivity index (χ2v) is 8.69. The minimum atomic E-state index is -0.0938. The smallest absolute Gasteiger partial charge is 0.123 e. The Kier molecular flexibility index (Phi) is 5.92. The van der Waals surface area contributed by atoms with Crippen LogP contribution in [0.2, 0.25) is 0 Å². The van der Waals surface area contributed by atoms with Crippen molar-refractivity contribution in [3.63, 3.8) is 0 Å². The highest BCUT2D eigenvalue weighted by Gasteiger charge is 2.26. The van der Waals surface area contributed by atoms with Crippen LogP contribution in [0.1, 0.15) is 65.5 Å². The summed E-state index contributed by atoms with van der Waals surface area (Å²) in [5, 5.41) is 10.6. The van der Waals surface area contributed by atoms with Crippen molar-refractivity contribution in [2.24, 2.45) is 0 Å². The Hall–Kier alpha value is -0.960. The molecule has 0 atom stereocenters. The van der Waals surface area contributed by atoms with E-state index in [0.717, 1.165) is 29.6 Å². The first-order chi connectivity index (χ1) is 9.57. The van der Waals surface area contributed by atoms with Crippen molar-refractivity contribution in [3.8, 4) is 5.75 Å². The Balaban J connectivity index is 3.18. The molecule has 0 spiro atoms. The van der Waals surface area contributed by atoms with E-state index in [0.29, 0.717) is 12.2 Å². The van der Waals surface area contributed by atoms with Crippen LogP contribution in [0.15, 0.2) is 17.0 Å². The van der Waals surface area contributed by atoms with Gasteiger partial charge < -0.3 is 9.90 Å². The Morgan fingerprint density at radius 2 is 1.52 bits per heavy atom. The summed E-state index contributed by atoms with van der Waals surface area (Å²) in [6.07, 6.45) is 2.48. The van der Waals surface area contributed by atoms with Crippen LogP contribution in [-0.4, -0.2) is 17.1 Å². The third-order valence-electron chi connectivity index (χ3n) is 3.43. The van der Waals surface area contributed by atoms with Crippen molar-refractivity contribution in [2.75, 3.05) is 5.75 Å². The van der Waals surface area contributed by atoms with Crippen LogP contribution >= 0.6 is 11.8 Å². The molecule has 0 bridgehead atoms. The zero-order chi connectivity index (χ0) is 16.3. The van der Waals surface area contributed by atoms with Gasteiger partial charge in [-0.2, -0.15) is 0 Å². The van der Waals surface area contributed by atoms with Gasteiger partial charge in [0, 0.05) is 22.4 Å². The predicted molar refractivity (Wildman–Crippen MR) is 91.5 cm³/mol. The van der Waals surface area contributed by atoms with Crippen LogP contribution in [-0.2, 0) is 15.6 Å². The molecule has 0 saturated carbocycles. The minimum Gasteiger partial charge on any atom is -0.507 e. The summed E-state index contributed by atoms with van der Waals surface area (Å²) in [6.45, 7) is 12.7. The fourth-order valence-electron chi connectivity index (χ4n) is 2.19. The molecule has 2 nitrogen and oxygen atoms in total. The molecule has 21 heavy (non-hydrogen) atoms. The lowest BCUT2D eigenvalue weighted by molar-refractivity contribution is -0.107. The summed E-state index contributed by atoms with van der Waals surface area (Å²) < 4.78 is 0. The molecule has 1 aromatic rings. The lowest BCUT2D eigenvalue weighted by Crippen LogP contribution is -2.17. The molecule has 0 saturated heterocycles. The first kappa shape index (κ1) is 18.1. The van der Waals surface area contributed by atoms with Crippen LogP contribution in [0.4, 0.5) is 0 Å². The first-order valence-electron chi connectivity index (χ1n) is 7.52. The van der Waals surface area contributed by atoms with Crippen molar-refractivity contribution in [3.05, 3.63) is 23.3 Å².